The van der Waals surface area contributed by atoms with E-state index in [1.165, 1.54) is 0 Å². The maximum absolute atomic E-state index is 12.4. The van der Waals surface area contributed by atoms with Crippen LogP contribution in [0, 0.1) is 28.6 Å². The fraction of sp³-hybridized carbons (Fsp3) is 0.714. The lowest BCUT2D eigenvalue weighted by Gasteiger charge is -2.59. The third kappa shape index (κ3) is 6.04. The van der Waals surface area contributed by atoms with Gasteiger partial charge in [0.2, 0.25) is 0 Å². The molecule has 9 nitrogen and oxygen atoms in total. The number of unbranched alkanes of at least 4 members (excludes halogenated alkanes) is 1. The molecule has 208 valence electrons. The van der Waals surface area contributed by atoms with Crippen LogP contribution in [-0.4, -0.2) is 67.3 Å². The van der Waals surface area contributed by atoms with E-state index in [0.717, 1.165) is 44.6 Å². The SMILES string of the molecule is CC(=O)O.CCCCC(=O)O.C[C@]12C=CC(=O)C=C1CC[C@@H]1[C@@H]2[C@@H](O)C[C@@]2(C)[C@H]1CC[C@]2(O)C(=O)CO. The number of fused-ring (bicyclic) bond motifs is 5. The van der Waals surface area contributed by atoms with Gasteiger partial charge in [-0.1, -0.05) is 38.8 Å². The number of carboxylic acid groups (broad SMARTS) is 2. The third-order valence-electron chi connectivity index (χ3n) is 9.00. The number of rotatable bonds is 5. The number of allylic oxidation sites excluding steroid dienone is 4. The minimum Gasteiger partial charge on any atom is -0.481 e. The van der Waals surface area contributed by atoms with Crippen molar-refractivity contribution >= 4 is 23.5 Å². The monoisotopic (exact) mass is 522 g/mol. The van der Waals surface area contributed by atoms with Gasteiger partial charge in [0, 0.05) is 30.1 Å². The molecular formula is C28H42O9. The Morgan fingerprint density at radius 3 is 2.27 bits per heavy atom. The van der Waals surface area contributed by atoms with Crippen molar-refractivity contribution in [1.82, 2.24) is 0 Å². The van der Waals surface area contributed by atoms with Crippen LogP contribution in [-0.2, 0) is 19.2 Å². The summed E-state index contributed by atoms with van der Waals surface area (Å²) < 4.78 is 0. The van der Waals surface area contributed by atoms with Crippen LogP contribution >= 0.6 is 0 Å². The number of hydrogen-bond acceptors (Lipinski definition) is 7. The normalized spacial score (nSPS) is 37.4. The number of carboxylic acids is 2. The second-order valence-corrected chi connectivity index (χ2v) is 11.2. The molecule has 0 aliphatic heterocycles. The summed E-state index contributed by atoms with van der Waals surface area (Å²) in [6, 6.07) is 0. The third-order valence-corrected chi connectivity index (χ3v) is 9.00. The van der Waals surface area contributed by atoms with E-state index in [4.69, 9.17) is 15.0 Å². The van der Waals surface area contributed by atoms with Gasteiger partial charge in [0.1, 0.15) is 12.2 Å². The van der Waals surface area contributed by atoms with Crippen LogP contribution in [0.2, 0.25) is 0 Å². The van der Waals surface area contributed by atoms with Crippen LogP contribution in [0.15, 0.2) is 23.8 Å². The Hall–Kier alpha value is -2.36. The van der Waals surface area contributed by atoms with Gasteiger partial charge in [-0.3, -0.25) is 19.2 Å². The first-order chi connectivity index (χ1) is 17.2. The second kappa shape index (κ2) is 12.0. The minimum absolute atomic E-state index is 0.00912. The van der Waals surface area contributed by atoms with Gasteiger partial charge in [0.15, 0.2) is 11.6 Å². The van der Waals surface area contributed by atoms with E-state index in [-0.39, 0.29) is 29.0 Å². The van der Waals surface area contributed by atoms with E-state index in [2.05, 4.69) is 6.92 Å². The van der Waals surface area contributed by atoms with Crippen molar-refractivity contribution in [3.05, 3.63) is 23.8 Å². The summed E-state index contributed by atoms with van der Waals surface area (Å²) in [5.41, 5.74) is -1.54. The number of carbonyl (C=O) groups excluding carboxylic acids is 2. The zero-order valence-electron chi connectivity index (χ0n) is 22.3. The molecule has 3 fully saturated rings. The average molecular weight is 523 g/mol. The van der Waals surface area contributed by atoms with Crippen LogP contribution in [0.25, 0.3) is 0 Å². The quantitative estimate of drug-likeness (QED) is 0.364. The molecule has 0 spiro atoms. The maximum Gasteiger partial charge on any atom is 0.303 e. The van der Waals surface area contributed by atoms with Crippen molar-refractivity contribution in [2.24, 2.45) is 28.6 Å². The van der Waals surface area contributed by atoms with Crippen molar-refractivity contribution in [3.63, 3.8) is 0 Å². The molecule has 3 saturated carbocycles. The highest BCUT2D eigenvalue weighted by Gasteiger charge is 2.67. The molecule has 0 aromatic carbocycles. The van der Waals surface area contributed by atoms with E-state index in [0.29, 0.717) is 19.3 Å². The Balaban J connectivity index is 0.000000371. The summed E-state index contributed by atoms with van der Waals surface area (Å²) in [4.78, 5) is 42.9. The van der Waals surface area contributed by atoms with E-state index in [1.807, 2.05) is 19.9 Å². The number of Topliss-reactive ketones (excluding diaryl/α,β-unsaturated/α-hetero) is 1. The summed E-state index contributed by atoms with van der Waals surface area (Å²) in [5.74, 6) is -1.75. The predicted molar refractivity (Wildman–Crippen MR) is 136 cm³/mol. The highest BCUT2D eigenvalue weighted by Crippen LogP contribution is 2.67. The van der Waals surface area contributed by atoms with Gasteiger partial charge in [-0.05, 0) is 62.5 Å². The van der Waals surface area contributed by atoms with Gasteiger partial charge < -0.3 is 25.5 Å². The topological polar surface area (TPSA) is 169 Å². The molecule has 0 amide bonds. The highest BCUT2D eigenvalue weighted by molar-refractivity contribution is 6.01. The smallest absolute Gasteiger partial charge is 0.303 e. The number of aliphatic hydroxyl groups excluding tert-OH is 2. The number of aliphatic hydroxyl groups is 3. The van der Waals surface area contributed by atoms with Crippen molar-refractivity contribution in [2.75, 3.05) is 6.61 Å². The molecule has 0 heterocycles. The molecule has 0 saturated heterocycles. The number of ketones is 2. The fourth-order valence-corrected chi connectivity index (χ4v) is 7.25. The first kappa shape index (κ1) is 30.9. The molecule has 9 heteroatoms. The van der Waals surface area contributed by atoms with Crippen LogP contribution in [0.1, 0.15) is 79.1 Å². The zero-order valence-corrected chi connectivity index (χ0v) is 22.3. The molecule has 7 atom stereocenters. The first-order valence-corrected chi connectivity index (χ1v) is 13.1. The van der Waals surface area contributed by atoms with E-state index >= 15 is 0 Å². The Labute approximate surface area is 218 Å². The summed E-state index contributed by atoms with van der Waals surface area (Å²) in [6.07, 6.45) is 9.76. The Bertz CT molecular complexity index is 949. The van der Waals surface area contributed by atoms with Gasteiger partial charge in [0.05, 0.1) is 6.10 Å². The largest absolute Gasteiger partial charge is 0.481 e. The van der Waals surface area contributed by atoms with E-state index in [9.17, 15) is 29.7 Å². The zero-order chi connectivity index (χ0) is 28.2. The van der Waals surface area contributed by atoms with Crippen LogP contribution in [0.5, 0.6) is 0 Å². The van der Waals surface area contributed by atoms with Crippen molar-refractivity contribution in [3.8, 4) is 0 Å². The standard InChI is InChI=1S/C21H28O5.C5H10O2.C2H4O2/c1-19-7-5-13(23)9-12(19)3-4-14-15-6-8-21(26,17(25)11-22)20(15,2)10-16(24)18(14)19;1-2-3-4-5(6)7;1-2(3)4/h5,7,9,14-16,18,22,24,26H,3-4,6,8,10-11H2,1-2H3;2-4H2,1H3,(H,6,7);1H3,(H,3,4)/t14-,15-,16-,18+,19-,20-,21-;;/m0../s1. The van der Waals surface area contributed by atoms with Crippen LogP contribution in [0.3, 0.4) is 0 Å². The number of aliphatic carboxylic acids is 2. The summed E-state index contributed by atoms with van der Waals surface area (Å²) in [6.45, 7) is 6.40. The molecule has 37 heavy (non-hydrogen) atoms. The Morgan fingerprint density at radius 1 is 1.14 bits per heavy atom. The first-order valence-electron chi connectivity index (χ1n) is 13.1. The lowest BCUT2D eigenvalue weighted by molar-refractivity contribution is -0.178. The van der Waals surface area contributed by atoms with Crippen LogP contribution < -0.4 is 0 Å². The second-order valence-electron chi connectivity index (χ2n) is 11.2. The van der Waals surface area contributed by atoms with Gasteiger partial charge >= 0.3 is 5.97 Å². The summed E-state index contributed by atoms with van der Waals surface area (Å²) in [5, 5.41) is 47.1. The van der Waals surface area contributed by atoms with Gasteiger partial charge in [-0.2, -0.15) is 0 Å². The van der Waals surface area contributed by atoms with Crippen molar-refractivity contribution in [1.29, 1.82) is 0 Å². The molecule has 0 unspecified atom stereocenters. The summed E-state index contributed by atoms with van der Waals surface area (Å²) >= 11 is 0. The molecule has 0 aromatic heterocycles. The molecule has 4 rings (SSSR count). The highest BCUT2D eigenvalue weighted by atomic mass is 16.4. The Morgan fingerprint density at radius 2 is 1.76 bits per heavy atom. The molecule has 0 radical (unpaired) electrons. The Kier molecular flexibility index (Phi) is 10.0. The molecular weight excluding hydrogens is 480 g/mol. The molecule has 4 aliphatic rings. The fourth-order valence-electron chi connectivity index (χ4n) is 7.25. The van der Waals surface area contributed by atoms with E-state index < -0.39 is 41.4 Å². The van der Waals surface area contributed by atoms with Gasteiger partial charge in [-0.15, -0.1) is 0 Å². The lowest BCUT2D eigenvalue weighted by Crippen LogP contribution is -2.61. The molecule has 5 N–H and O–H groups in total. The summed E-state index contributed by atoms with van der Waals surface area (Å²) in [7, 11) is 0. The minimum atomic E-state index is -1.56. The number of hydrogen-bond donors (Lipinski definition) is 5. The van der Waals surface area contributed by atoms with Crippen molar-refractivity contribution in [2.45, 2.75) is 90.8 Å². The molecule has 0 aromatic rings. The molecule has 0 bridgehead atoms. The van der Waals surface area contributed by atoms with Crippen molar-refractivity contribution < 1.29 is 44.7 Å². The lowest BCUT2D eigenvalue weighted by atomic mass is 9.46. The molecule has 4 aliphatic carbocycles. The van der Waals surface area contributed by atoms with Crippen LogP contribution in [0.4, 0.5) is 0 Å². The van der Waals surface area contributed by atoms with Gasteiger partial charge in [0.25, 0.3) is 5.97 Å². The predicted octanol–water partition coefficient (Wildman–Crippen LogP) is 2.91. The van der Waals surface area contributed by atoms with Gasteiger partial charge in [-0.25, -0.2) is 0 Å². The maximum atomic E-state index is 12.4. The average Bonchev–Trinajstić information content (AvgIpc) is 3.08. The number of carbonyl (C=O) groups is 4. The van der Waals surface area contributed by atoms with E-state index in [1.54, 1.807) is 12.2 Å².